The van der Waals surface area contributed by atoms with Crippen LogP contribution in [0.1, 0.15) is 38.2 Å². The molecule has 0 radical (unpaired) electrons. The van der Waals surface area contributed by atoms with Crippen molar-refractivity contribution in [2.75, 3.05) is 19.6 Å². The van der Waals surface area contributed by atoms with Crippen LogP contribution in [0.3, 0.4) is 0 Å². The summed E-state index contributed by atoms with van der Waals surface area (Å²) in [6, 6.07) is 11.0. The first-order valence-corrected chi connectivity index (χ1v) is 9.13. The molecule has 3 rings (SSSR count). The zero-order valence-electron chi connectivity index (χ0n) is 14.5. The summed E-state index contributed by atoms with van der Waals surface area (Å²) in [6.07, 6.45) is 3.18. The lowest BCUT2D eigenvalue weighted by molar-refractivity contribution is 0.0888. The summed E-state index contributed by atoms with van der Waals surface area (Å²) < 4.78 is 0. The van der Waals surface area contributed by atoms with Crippen molar-refractivity contribution in [1.82, 2.24) is 15.1 Å². The monoisotopic (exact) mass is 331 g/mol. The number of hydrogen-bond acceptors (Lipinski definition) is 3. The molecule has 0 aromatic heterocycles. The van der Waals surface area contributed by atoms with Gasteiger partial charge < -0.3 is 15.3 Å². The second-order valence-electron chi connectivity index (χ2n) is 7.22. The van der Waals surface area contributed by atoms with Gasteiger partial charge in [-0.15, -0.1) is 0 Å². The van der Waals surface area contributed by atoms with Crippen LogP contribution in [-0.2, 0) is 6.54 Å². The predicted octanol–water partition coefficient (Wildman–Crippen LogP) is 2.21. The molecule has 1 aromatic rings. The molecule has 5 nitrogen and oxygen atoms in total. The number of nitrogens with zero attached hydrogens (tertiary/aromatic N) is 2. The number of amides is 2. The van der Waals surface area contributed by atoms with Crippen molar-refractivity contribution in [2.45, 2.75) is 57.3 Å². The van der Waals surface area contributed by atoms with Gasteiger partial charge in [0, 0.05) is 38.3 Å². The molecular formula is C19H29N3O2. The van der Waals surface area contributed by atoms with Crippen LogP contribution in [0.25, 0.3) is 0 Å². The minimum absolute atomic E-state index is 0.0586. The first kappa shape index (κ1) is 17.2. The van der Waals surface area contributed by atoms with Gasteiger partial charge in [-0.3, -0.25) is 4.90 Å². The van der Waals surface area contributed by atoms with Gasteiger partial charge in [-0.2, -0.15) is 0 Å². The smallest absolute Gasteiger partial charge is 0.317 e. The standard InChI is InChI=1S/C19H29N3O2/c1-15-13-21(14-16-5-3-2-4-6-16)11-12-22(15)19(24)20-17-7-9-18(23)10-8-17/h2-6,15,17-18,23H,7-14H2,1H3,(H,20,24)/t15-,17?,18?/m1/s1. The molecular weight excluding hydrogens is 302 g/mol. The molecule has 2 aliphatic rings. The minimum atomic E-state index is -0.182. The van der Waals surface area contributed by atoms with Gasteiger partial charge in [0.25, 0.3) is 0 Å². The third kappa shape index (κ3) is 4.48. The summed E-state index contributed by atoms with van der Waals surface area (Å²) in [7, 11) is 0. The van der Waals surface area contributed by atoms with Gasteiger partial charge in [-0.25, -0.2) is 4.79 Å². The molecule has 1 saturated heterocycles. The second-order valence-corrected chi connectivity index (χ2v) is 7.22. The van der Waals surface area contributed by atoms with E-state index in [1.54, 1.807) is 0 Å². The van der Waals surface area contributed by atoms with Gasteiger partial charge in [0.2, 0.25) is 0 Å². The summed E-state index contributed by atoms with van der Waals surface area (Å²) in [5, 5.41) is 12.7. The molecule has 24 heavy (non-hydrogen) atoms. The molecule has 0 spiro atoms. The van der Waals surface area contributed by atoms with Crippen LogP contribution in [0, 0.1) is 0 Å². The van der Waals surface area contributed by atoms with Crippen molar-refractivity contribution in [3.63, 3.8) is 0 Å². The van der Waals surface area contributed by atoms with Crippen molar-refractivity contribution < 1.29 is 9.90 Å². The molecule has 132 valence electrons. The van der Waals surface area contributed by atoms with E-state index in [9.17, 15) is 9.90 Å². The van der Waals surface area contributed by atoms with Crippen LogP contribution >= 0.6 is 0 Å². The van der Waals surface area contributed by atoms with E-state index in [2.05, 4.69) is 41.4 Å². The number of urea groups is 1. The van der Waals surface area contributed by atoms with Crippen LogP contribution < -0.4 is 5.32 Å². The average Bonchev–Trinajstić information content (AvgIpc) is 2.58. The summed E-state index contributed by atoms with van der Waals surface area (Å²) in [5.41, 5.74) is 1.32. The Kier molecular flexibility index (Phi) is 5.74. The van der Waals surface area contributed by atoms with Crippen molar-refractivity contribution in [2.24, 2.45) is 0 Å². The number of carbonyl (C=O) groups is 1. The molecule has 1 aromatic carbocycles. The highest BCUT2D eigenvalue weighted by atomic mass is 16.3. The number of aliphatic hydroxyl groups is 1. The topological polar surface area (TPSA) is 55.8 Å². The van der Waals surface area contributed by atoms with Crippen LogP contribution in [0.15, 0.2) is 30.3 Å². The number of benzene rings is 1. The molecule has 5 heteroatoms. The van der Waals surface area contributed by atoms with Crippen LogP contribution in [0.4, 0.5) is 4.79 Å². The van der Waals surface area contributed by atoms with E-state index >= 15 is 0 Å². The highest BCUT2D eigenvalue weighted by Gasteiger charge is 2.29. The fourth-order valence-corrected chi connectivity index (χ4v) is 3.80. The van der Waals surface area contributed by atoms with Crippen LogP contribution in [-0.4, -0.2) is 58.8 Å². The van der Waals surface area contributed by atoms with E-state index in [1.807, 2.05) is 11.0 Å². The van der Waals surface area contributed by atoms with Gasteiger partial charge in [-0.05, 0) is 38.2 Å². The molecule has 1 saturated carbocycles. The number of piperazine rings is 1. The molecule has 1 aliphatic heterocycles. The largest absolute Gasteiger partial charge is 0.393 e. The highest BCUT2D eigenvalue weighted by molar-refractivity contribution is 5.75. The van der Waals surface area contributed by atoms with Crippen molar-refractivity contribution in [1.29, 1.82) is 0 Å². The second kappa shape index (κ2) is 7.99. The SMILES string of the molecule is C[C@@H]1CN(Cc2ccccc2)CCN1C(=O)NC1CCC(O)CC1. The number of nitrogens with one attached hydrogen (secondary N) is 1. The summed E-state index contributed by atoms with van der Waals surface area (Å²) >= 11 is 0. The van der Waals surface area contributed by atoms with E-state index in [-0.39, 0.29) is 24.2 Å². The maximum Gasteiger partial charge on any atom is 0.317 e. The normalized spacial score (nSPS) is 28.6. The van der Waals surface area contributed by atoms with Crippen molar-refractivity contribution in [3.8, 4) is 0 Å². The molecule has 2 N–H and O–H groups in total. The number of rotatable bonds is 3. The van der Waals surface area contributed by atoms with Crippen LogP contribution in [0.5, 0.6) is 0 Å². The number of carbonyl (C=O) groups excluding carboxylic acids is 1. The Hall–Kier alpha value is -1.59. The first-order chi connectivity index (χ1) is 11.6. The molecule has 1 heterocycles. The number of hydrogen-bond donors (Lipinski definition) is 2. The maximum absolute atomic E-state index is 12.6. The average molecular weight is 331 g/mol. The fourth-order valence-electron chi connectivity index (χ4n) is 3.80. The van der Waals surface area contributed by atoms with E-state index in [1.165, 1.54) is 5.56 Å². The summed E-state index contributed by atoms with van der Waals surface area (Å²) in [5.74, 6) is 0. The fraction of sp³-hybridized carbons (Fsp3) is 0.632. The lowest BCUT2D eigenvalue weighted by atomic mass is 9.93. The Morgan fingerprint density at radius 3 is 2.54 bits per heavy atom. The van der Waals surface area contributed by atoms with Crippen molar-refractivity contribution >= 4 is 6.03 Å². The Balaban J connectivity index is 1.47. The molecule has 2 amide bonds. The minimum Gasteiger partial charge on any atom is -0.393 e. The molecule has 1 aliphatic carbocycles. The Bertz CT molecular complexity index is 529. The Morgan fingerprint density at radius 2 is 1.88 bits per heavy atom. The summed E-state index contributed by atoms with van der Waals surface area (Å²) in [4.78, 5) is 16.9. The Morgan fingerprint density at radius 1 is 1.17 bits per heavy atom. The molecule has 0 bridgehead atoms. The van der Waals surface area contributed by atoms with E-state index in [4.69, 9.17) is 0 Å². The molecule has 0 unspecified atom stereocenters. The van der Waals surface area contributed by atoms with Gasteiger partial charge in [0.1, 0.15) is 0 Å². The van der Waals surface area contributed by atoms with Crippen molar-refractivity contribution in [3.05, 3.63) is 35.9 Å². The van der Waals surface area contributed by atoms with E-state index < -0.39 is 0 Å². The van der Waals surface area contributed by atoms with E-state index in [0.717, 1.165) is 51.9 Å². The zero-order valence-corrected chi connectivity index (χ0v) is 14.5. The lowest BCUT2D eigenvalue weighted by Gasteiger charge is -2.40. The van der Waals surface area contributed by atoms with Gasteiger partial charge >= 0.3 is 6.03 Å². The highest BCUT2D eigenvalue weighted by Crippen LogP contribution is 2.19. The lowest BCUT2D eigenvalue weighted by Crippen LogP contribution is -2.57. The molecule has 1 atom stereocenters. The summed E-state index contributed by atoms with van der Waals surface area (Å²) in [6.45, 7) is 5.67. The first-order valence-electron chi connectivity index (χ1n) is 9.13. The van der Waals surface area contributed by atoms with E-state index in [0.29, 0.717) is 0 Å². The third-order valence-electron chi connectivity index (χ3n) is 5.25. The van der Waals surface area contributed by atoms with Crippen LogP contribution in [0.2, 0.25) is 0 Å². The van der Waals surface area contributed by atoms with Gasteiger partial charge in [-0.1, -0.05) is 30.3 Å². The van der Waals surface area contributed by atoms with Gasteiger partial charge in [0.15, 0.2) is 0 Å². The predicted molar refractivity (Wildman–Crippen MR) is 94.7 cm³/mol. The zero-order chi connectivity index (χ0) is 16.9. The third-order valence-corrected chi connectivity index (χ3v) is 5.25. The number of aliphatic hydroxyl groups excluding tert-OH is 1. The van der Waals surface area contributed by atoms with Gasteiger partial charge in [0.05, 0.1) is 6.10 Å². The maximum atomic E-state index is 12.6. The molecule has 2 fully saturated rings. The quantitative estimate of drug-likeness (QED) is 0.893. The Labute approximate surface area is 144 Å².